The first-order valence-electron chi connectivity index (χ1n) is 3.17. The summed E-state index contributed by atoms with van der Waals surface area (Å²) < 4.78 is 0. The number of rotatable bonds is 2. The molecule has 0 bridgehead atoms. The first kappa shape index (κ1) is 8.22. The summed E-state index contributed by atoms with van der Waals surface area (Å²) in [5.41, 5.74) is 2.34. The van der Waals surface area contributed by atoms with Gasteiger partial charge >= 0.3 is 0 Å². The van der Waals surface area contributed by atoms with Crippen molar-refractivity contribution in [3.05, 3.63) is 36.0 Å². The van der Waals surface area contributed by atoms with E-state index in [1.165, 1.54) is 5.57 Å². The van der Waals surface area contributed by atoms with Gasteiger partial charge in [-0.2, -0.15) is 0 Å². The molecule has 0 aliphatic carbocycles. The fourth-order valence-corrected chi connectivity index (χ4v) is 0.518. The molecule has 0 unspecified atom stereocenters. The Labute approximate surface area is 57.6 Å². The Balaban J connectivity index is 4.05. The molecular weight excluding hydrogens is 108 g/mol. The summed E-state index contributed by atoms with van der Waals surface area (Å²) in [6, 6.07) is 0. The van der Waals surface area contributed by atoms with Gasteiger partial charge in [-0.3, -0.25) is 0 Å². The highest BCUT2D eigenvalue weighted by molar-refractivity contribution is 5.34. The third kappa shape index (κ3) is 2.91. The van der Waals surface area contributed by atoms with Crippen molar-refractivity contribution in [2.75, 3.05) is 0 Å². The average Bonchev–Trinajstić information content (AvgIpc) is 1.87. The SMILES string of the molecule is C=C(C=CC)C(C)=CC. The summed E-state index contributed by atoms with van der Waals surface area (Å²) in [6.45, 7) is 9.93. The highest BCUT2D eigenvalue weighted by atomic mass is 13.9. The number of allylic oxidation sites excluding steroid dienone is 5. The lowest BCUT2D eigenvalue weighted by Gasteiger charge is -1.95. The summed E-state index contributed by atoms with van der Waals surface area (Å²) in [6.07, 6.45) is 6.06. The van der Waals surface area contributed by atoms with Gasteiger partial charge in [0, 0.05) is 0 Å². The molecule has 0 saturated heterocycles. The van der Waals surface area contributed by atoms with Gasteiger partial charge in [0.1, 0.15) is 0 Å². The molecule has 0 heteroatoms. The Morgan fingerprint density at radius 3 is 2.22 bits per heavy atom. The Hall–Kier alpha value is -0.780. The molecule has 0 aliphatic heterocycles. The second-order valence-electron chi connectivity index (χ2n) is 2.00. The van der Waals surface area contributed by atoms with E-state index in [0.29, 0.717) is 0 Å². The van der Waals surface area contributed by atoms with Gasteiger partial charge in [0.25, 0.3) is 0 Å². The lowest BCUT2D eigenvalue weighted by atomic mass is 10.1. The van der Waals surface area contributed by atoms with Crippen LogP contribution in [0.5, 0.6) is 0 Å². The minimum Gasteiger partial charge on any atom is -0.0915 e. The molecule has 0 nitrogen and oxygen atoms in total. The van der Waals surface area contributed by atoms with Crippen molar-refractivity contribution in [2.45, 2.75) is 20.8 Å². The van der Waals surface area contributed by atoms with Gasteiger partial charge in [-0.05, 0) is 31.9 Å². The van der Waals surface area contributed by atoms with Crippen molar-refractivity contribution in [1.29, 1.82) is 0 Å². The lowest BCUT2D eigenvalue weighted by molar-refractivity contribution is 1.41. The highest BCUT2D eigenvalue weighted by Gasteiger charge is 1.86. The predicted molar refractivity (Wildman–Crippen MR) is 43.4 cm³/mol. The van der Waals surface area contributed by atoms with E-state index in [1.807, 2.05) is 26.0 Å². The zero-order valence-corrected chi connectivity index (χ0v) is 6.44. The van der Waals surface area contributed by atoms with E-state index in [0.717, 1.165) is 5.57 Å². The van der Waals surface area contributed by atoms with Crippen LogP contribution in [0.3, 0.4) is 0 Å². The fourth-order valence-electron chi connectivity index (χ4n) is 0.518. The van der Waals surface area contributed by atoms with Crippen LogP contribution in [0.25, 0.3) is 0 Å². The van der Waals surface area contributed by atoms with Crippen LogP contribution in [0.2, 0.25) is 0 Å². The molecule has 0 saturated carbocycles. The summed E-state index contributed by atoms with van der Waals surface area (Å²) in [5.74, 6) is 0. The van der Waals surface area contributed by atoms with Crippen molar-refractivity contribution in [1.82, 2.24) is 0 Å². The Kier molecular flexibility index (Phi) is 3.78. The molecular formula is C9H14. The maximum Gasteiger partial charge on any atom is -0.0306 e. The maximum absolute atomic E-state index is 3.86. The highest BCUT2D eigenvalue weighted by Crippen LogP contribution is 2.06. The van der Waals surface area contributed by atoms with E-state index >= 15 is 0 Å². The molecule has 0 aliphatic rings. The van der Waals surface area contributed by atoms with Gasteiger partial charge in [-0.1, -0.05) is 24.8 Å². The maximum atomic E-state index is 3.86. The van der Waals surface area contributed by atoms with Crippen LogP contribution in [0.15, 0.2) is 36.0 Å². The quantitative estimate of drug-likeness (QED) is 0.494. The molecule has 0 atom stereocenters. The fraction of sp³-hybridized carbons (Fsp3) is 0.333. The van der Waals surface area contributed by atoms with E-state index in [1.54, 1.807) is 0 Å². The third-order valence-electron chi connectivity index (χ3n) is 1.31. The minimum atomic E-state index is 1.10. The molecule has 0 amide bonds. The molecule has 0 aromatic carbocycles. The molecule has 9 heavy (non-hydrogen) atoms. The Morgan fingerprint density at radius 1 is 1.33 bits per heavy atom. The normalized spacial score (nSPS) is 12.6. The Morgan fingerprint density at radius 2 is 1.89 bits per heavy atom. The van der Waals surface area contributed by atoms with Gasteiger partial charge in [0.05, 0.1) is 0 Å². The van der Waals surface area contributed by atoms with Crippen LogP contribution in [-0.2, 0) is 0 Å². The van der Waals surface area contributed by atoms with Crippen LogP contribution >= 0.6 is 0 Å². The van der Waals surface area contributed by atoms with E-state index < -0.39 is 0 Å². The number of hydrogen-bond donors (Lipinski definition) is 0. The molecule has 0 spiro atoms. The van der Waals surface area contributed by atoms with E-state index in [-0.39, 0.29) is 0 Å². The van der Waals surface area contributed by atoms with Crippen LogP contribution in [0.1, 0.15) is 20.8 Å². The summed E-state index contributed by atoms with van der Waals surface area (Å²) in [4.78, 5) is 0. The molecule has 0 radical (unpaired) electrons. The summed E-state index contributed by atoms with van der Waals surface area (Å²) >= 11 is 0. The van der Waals surface area contributed by atoms with Gasteiger partial charge in [0.15, 0.2) is 0 Å². The van der Waals surface area contributed by atoms with Crippen molar-refractivity contribution in [3.8, 4) is 0 Å². The summed E-state index contributed by atoms with van der Waals surface area (Å²) in [5, 5.41) is 0. The van der Waals surface area contributed by atoms with Crippen LogP contribution in [-0.4, -0.2) is 0 Å². The van der Waals surface area contributed by atoms with E-state index in [2.05, 4.69) is 19.6 Å². The third-order valence-corrected chi connectivity index (χ3v) is 1.31. The molecule has 0 heterocycles. The topological polar surface area (TPSA) is 0 Å². The number of hydrogen-bond acceptors (Lipinski definition) is 0. The van der Waals surface area contributed by atoms with Crippen molar-refractivity contribution >= 4 is 0 Å². The molecule has 0 rings (SSSR count). The molecule has 0 aromatic heterocycles. The van der Waals surface area contributed by atoms with Crippen LogP contribution in [0.4, 0.5) is 0 Å². The zero-order chi connectivity index (χ0) is 7.28. The Bertz CT molecular complexity index is 147. The minimum absolute atomic E-state index is 1.10. The van der Waals surface area contributed by atoms with Gasteiger partial charge < -0.3 is 0 Å². The van der Waals surface area contributed by atoms with Crippen molar-refractivity contribution in [2.24, 2.45) is 0 Å². The monoisotopic (exact) mass is 122 g/mol. The molecule has 0 fully saturated rings. The second kappa shape index (κ2) is 4.13. The standard InChI is InChI=1S/C9H14/c1-5-7-9(4)8(3)6-2/h5-7H,4H2,1-3H3. The zero-order valence-electron chi connectivity index (χ0n) is 6.44. The van der Waals surface area contributed by atoms with Crippen molar-refractivity contribution in [3.63, 3.8) is 0 Å². The first-order valence-corrected chi connectivity index (χ1v) is 3.17. The van der Waals surface area contributed by atoms with Crippen molar-refractivity contribution < 1.29 is 0 Å². The van der Waals surface area contributed by atoms with Gasteiger partial charge in [-0.25, -0.2) is 0 Å². The molecule has 0 aromatic rings. The summed E-state index contributed by atoms with van der Waals surface area (Å²) in [7, 11) is 0. The lowest BCUT2D eigenvalue weighted by Crippen LogP contribution is -1.75. The second-order valence-corrected chi connectivity index (χ2v) is 2.00. The molecule has 50 valence electrons. The van der Waals surface area contributed by atoms with E-state index in [9.17, 15) is 0 Å². The average molecular weight is 122 g/mol. The largest absolute Gasteiger partial charge is 0.0915 e. The smallest absolute Gasteiger partial charge is 0.0306 e. The van der Waals surface area contributed by atoms with Gasteiger partial charge in [-0.15, -0.1) is 0 Å². The predicted octanol–water partition coefficient (Wildman–Crippen LogP) is 3.08. The van der Waals surface area contributed by atoms with E-state index in [4.69, 9.17) is 0 Å². The van der Waals surface area contributed by atoms with Crippen LogP contribution < -0.4 is 0 Å². The molecule has 0 N–H and O–H groups in total. The van der Waals surface area contributed by atoms with Gasteiger partial charge in [0.2, 0.25) is 0 Å². The first-order chi connectivity index (χ1) is 4.22. The van der Waals surface area contributed by atoms with Crippen LogP contribution in [0, 0.1) is 0 Å².